The lowest BCUT2D eigenvalue weighted by molar-refractivity contribution is -0.189. The van der Waals surface area contributed by atoms with E-state index in [4.69, 9.17) is 23.7 Å². The minimum atomic E-state index is -2.12. The molecular weight excluding hydrogens is 488 g/mol. The molecule has 1 saturated carbocycles. The molecule has 1 aliphatic heterocycles. The van der Waals surface area contributed by atoms with Crippen LogP contribution in [0.3, 0.4) is 0 Å². The summed E-state index contributed by atoms with van der Waals surface area (Å²) >= 11 is 0. The van der Waals surface area contributed by atoms with E-state index in [0.29, 0.717) is 24.3 Å². The molecule has 0 radical (unpaired) electrons. The molecule has 1 aromatic rings. The maximum atomic E-state index is 13.2. The fourth-order valence-corrected chi connectivity index (χ4v) is 6.69. The van der Waals surface area contributed by atoms with Crippen LogP contribution in [0.15, 0.2) is 24.0 Å². The van der Waals surface area contributed by atoms with Gasteiger partial charge in [0.15, 0.2) is 17.6 Å². The zero-order valence-corrected chi connectivity index (χ0v) is 20.6. The second-order valence-corrected chi connectivity index (χ2v) is 9.95. The van der Waals surface area contributed by atoms with Gasteiger partial charge in [0.05, 0.1) is 18.1 Å². The molecule has 37 heavy (non-hydrogen) atoms. The quantitative estimate of drug-likeness (QED) is 0.401. The molecule has 1 heterocycles. The van der Waals surface area contributed by atoms with Crippen LogP contribution in [0.1, 0.15) is 50.7 Å². The molecule has 11 nitrogen and oxygen atoms in total. The van der Waals surface area contributed by atoms with E-state index in [2.05, 4.69) is 0 Å². The minimum absolute atomic E-state index is 0.0261. The van der Waals surface area contributed by atoms with E-state index >= 15 is 0 Å². The summed E-state index contributed by atoms with van der Waals surface area (Å²) in [6.45, 7) is 1.95. The normalized spacial score (nSPS) is 30.0. The van der Waals surface area contributed by atoms with Gasteiger partial charge in [0, 0.05) is 19.4 Å². The van der Waals surface area contributed by atoms with Crippen LogP contribution >= 0.6 is 0 Å². The molecule has 2 N–H and O–H groups in total. The number of methoxy groups -OCH3 is 1. The molecule has 0 amide bonds. The number of hydrogen-bond donors (Lipinski definition) is 2. The number of ether oxygens (including phenoxy) is 5. The van der Waals surface area contributed by atoms with Crippen LogP contribution in [0.2, 0.25) is 0 Å². The Balaban J connectivity index is 1.54. The fourth-order valence-electron chi connectivity index (χ4n) is 6.69. The van der Waals surface area contributed by atoms with Crippen molar-refractivity contribution in [1.29, 1.82) is 0 Å². The first-order valence-corrected chi connectivity index (χ1v) is 12.1. The monoisotopic (exact) mass is 516 g/mol. The molecule has 1 spiro atoms. The van der Waals surface area contributed by atoms with Crippen LogP contribution in [0, 0.1) is 5.92 Å². The highest BCUT2D eigenvalue weighted by Gasteiger charge is 2.71. The zero-order chi connectivity index (χ0) is 26.7. The van der Waals surface area contributed by atoms with Gasteiger partial charge >= 0.3 is 23.9 Å². The van der Waals surface area contributed by atoms with Gasteiger partial charge in [0.2, 0.25) is 12.2 Å². The fraction of sp³-hybridized carbons (Fsp3) is 0.538. The average Bonchev–Trinajstić information content (AvgIpc) is 3.17. The van der Waals surface area contributed by atoms with Crippen molar-refractivity contribution in [3.05, 3.63) is 35.1 Å². The highest BCUT2D eigenvalue weighted by atomic mass is 16.6. The Kier molecular flexibility index (Phi) is 5.93. The highest BCUT2D eigenvalue weighted by Crippen LogP contribution is 2.67. The van der Waals surface area contributed by atoms with E-state index < -0.39 is 53.2 Å². The lowest BCUT2D eigenvalue weighted by Crippen LogP contribution is -2.67. The summed E-state index contributed by atoms with van der Waals surface area (Å²) in [7, 11) is 1.52. The first kappa shape index (κ1) is 25.1. The molecule has 198 valence electrons. The number of aliphatic carboxylic acids is 1. The van der Waals surface area contributed by atoms with Gasteiger partial charge in [-0.15, -0.1) is 0 Å². The van der Waals surface area contributed by atoms with Crippen molar-refractivity contribution in [2.75, 3.05) is 7.11 Å². The molecule has 0 aromatic heterocycles. The van der Waals surface area contributed by atoms with Crippen molar-refractivity contribution >= 4 is 23.9 Å². The number of benzene rings is 1. The van der Waals surface area contributed by atoms with Crippen molar-refractivity contribution in [1.82, 2.24) is 0 Å². The highest BCUT2D eigenvalue weighted by molar-refractivity contribution is 5.88. The smallest absolute Gasteiger partial charge is 0.357 e. The van der Waals surface area contributed by atoms with Gasteiger partial charge in [0.25, 0.3) is 0 Å². The predicted molar refractivity (Wildman–Crippen MR) is 123 cm³/mol. The molecule has 2 bridgehead atoms. The van der Waals surface area contributed by atoms with Crippen molar-refractivity contribution in [3.63, 3.8) is 0 Å². The zero-order valence-electron chi connectivity index (χ0n) is 20.6. The SMILES string of the molecule is COc1ccc2c3c1O[C@H]1C(OC(=O)[C@H](OC(C)=O)[C@@H](OC(C)=O)C(=O)O)=CC[C@@]4(O)[C@H](CCC[C@]314)C2. The Bertz CT molecular complexity index is 1220. The Morgan fingerprint density at radius 2 is 1.81 bits per heavy atom. The third-order valence-electron chi connectivity index (χ3n) is 8.02. The van der Waals surface area contributed by atoms with Gasteiger partial charge in [-0.25, -0.2) is 9.59 Å². The van der Waals surface area contributed by atoms with E-state index in [1.165, 1.54) is 7.11 Å². The van der Waals surface area contributed by atoms with Gasteiger partial charge in [-0.3, -0.25) is 9.59 Å². The van der Waals surface area contributed by atoms with Crippen LogP contribution in [0.5, 0.6) is 11.5 Å². The van der Waals surface area contributed by atoms with E-state index in [1.807, 2.05) is 12.1 Å². The van der Waals surface area contributed by atoms with Gasteiger partial charge in [0.1, 0.15) is 5.76 Å². The number of rotatable bonds is 7. The lowest BCUT2D eigenvalue weighted by atomic mass is 9.47. The van der Waals surface area contributed by atoms with Crippen molar-refractivity contribution in [2.24, 2.45) is 5.92 Å². The third-order valence-corrected chi connectivity index (χ3v) is 8.02. The maximum Gasteiger partial charge on any atom is 0.357 e. The van der Waals surface area contributed by atoms with Gasteiger partial charge in [-0.2, -0.15) is 0 Å². The molecule has 5 rings (SSSR count). The number of carbonyl (C=O) groups excluding carboxylic acids is 3. The van der Waals surface area contributed by atoms with Crippen molar-refractivity contribution in [3.8, 4) is 11.5 Å². The van der Waals surface area contributed by atoms with Crippen LogP contribution < -0.4 is 9.47 Å². The summed E-state index contributed by atoms with van der Waals surface area (Å²) < 4.78 is 27.2. The summed E-state index contributed by atoms with van der Waals surface area (Å²) in [5.41, 5.74) is -0.167. The summed E-state index contributed by atoms with van der Waals surface area (Å²) in [6, 6.07) is 3.78. The Morgan fingerprint density at radius 1 is 1.11 bits per heavy atom. The van der Waals surface area contributed by atoms with E-state index in [0.717, 1.165) is 37.8 Å². The lowest BCUT2D eigenvalue weighted by Gasteiger charge is -2.59. The number of carbonyl (C=O) groups is 4. The molecule has 0 unspecified atom stereocenters. The van der Waals surface area contributed by atoms with Crippen LogP contribution in [-0.4, -0.2) is 65.1 Å². The largest absolute Gasteiger partial charge is 0.493 e. The number of esters is 3. The maximum absolute atomic E-state index is 13.2. The topological polar surface area (TPSA) is 155 Å². The van der Waals surface area contributed by atoms with Crippen molar-refractivity contribution in [2.45, 2.75) is 75.3 Å². The first-order valence-electron chi connectivity index (χ1n) is 12.1. The van der Waals surface area contributed by atoms with Crippen LogP contribution in [0.25, 0.3) is 0 Å². The molecule has 6 atom stereocenters. The Labute approximate surface area is 212 Å². The van der Waals surface area contributed by atoms with Gasteiger partial charge in [-0.1, -0.05) is 12.5 Å². The van der Waals surface area contributed by atoms with Gasteiger partial charge < -0.3 is 33.9 Å². The second-order valence-electron chi connectivity index (χ2n) is 9.95. The first-order chi connectivity index (χ1) is 17.5. The number of carboxylic acid groups (broad SMARTS) is 1. The summed E-state index contributed by atoms with van der Waals surface area (Å²) in [5, 5.41) is 21.7. The van der Waals surface area contributed by atoms with Gasteiger partial charge in [-0.05, 0) is 49.3 Å². The third kappa shape index (κ3) is 3.58. The average molecular weight is 516 g/mol. The molecular formula is C26H28O11. The second kappa shape index (κ2) is 8.76. The number of hydrogen-bond acceptors (Lipinski definition) is 10. The summed E-state index contributed by atoms with van der Waals surface area (Å²) in [6.07, 6.45) is -0.410. The molecule has 1 fully saturated rings. The Morgan fingerprint density at radius 3 is 2.46 bits per heavy atom. The van der Waals surface area contributed by atoms with Crippen LogP contribution in [-0.2, 0) is 45.2 Å². The van der Waals surface area contributed by atoms with Crippen molar-refractivity contribution < 1.29 is 53.1 Å². The summed E-state index contributed by atoms with van der Waals surface area (Å²) in [4.78, 5) is 48.2. The number of aliphatic hydroxyl groups is 1. The van der Waals surface area contributed by atoms with Crippen LogP contribution in [0.4, 0.5) is 0 Å². The molecule has 1 aromatic carbocycles. The summed E-state index contributed by atoms with van der Waals surface area (Å²) in [5.74, 6) is -3.88. The predicted octanol–water partition coefficient (Wildman–Crippen LogP) is 1.56. The molecule has 11 heteroatoms. The Hall–Kier alpha value is -3.60. The molecule has 4 aliphatic rings. The molecule has 3 aliphatic carbocycles. The standard InChI is InChI=1S/C26H28O11/c1-12(27)34-20(23(29)30)21(35-13(2)28)24(31)36-17-8-10-26(32)15-5-4-9-25(26)18-14(11-15)6-7-16(33-3)19(18)37-22(17)25/h6-8,15,20-22,32H,4-5,9-11H2,1-3H3,(H,29,30)/t15-,20-,21-,22+,25+,26-/m1/s1. The molecule has 0 saturated heterocycles. The number of carboxylic acids is 1. The van der Waals surface area contributed by atoms with E-state index in [-0.39, 0.29) is 18.1 Å². The minimum Gasteiger partial charge on any atom is -0.493 e. The van der Waals surface area contributed by atoms with E-state index in [9.17, 15) is 29.4 Å². The van der Waals surface area contributed by atoms with E-state index in [1.54, 1.807) is 6.08 Å².